The van der Waals surface area contributed by atoms with E-state index >= 15 is 0 Å². The molecule has 0 aliphatic heterocycles. The van der Waals surface area contributed by atoms with Crippen molar-refractivity contribution < 1.29 is 4.79 Å². The number of aromatic nitrogens is 2. The molecule has 1 aromatic carbocycles. The number of nitrogens with zero attached hydrogens (tertiary/aromatic N) is 3. The van der Waals surface area contributed by atoms with E-state index in [2.05, 4.69) is 25.7 Å². The number of nitrogens with one attached hydrogen (secondary N) is 2. The van der Waals surface area contributed by atoms with Crippen molar-refractivity contribution in [1.29, 1.82) is 0 Å². The van der Waals surface area contributed by atoms with Crippen molar-refractivity contribution in [2.24, 2.45) is 10.8 Å². The van der Waals surface area contributed by atoms with E-state index in [1.165, 1.54) is 24.9 Å². The Morgan fingerprint density at radius 3 is 2.68 bits per heavy atom. The number of hydrogen-bond acceptors (Lipinski definition) is 5. The van der Waals surface area contributed by atoms with E-state index in [1.807, 2.05) is 0 Å². The lowest BCUT2D eigenvalue weighted by Crippen LogP contribution is -2.18. The predicted octanol–water partition coefficient (Wildman–Crippen LogP) is 0.852. The second-order valence-corrected chi connectivity index (χ2v) is 3.52. The van der Waals surface area contributed by atoms with Crippen molar-refractivity contribution in [3.8, 4) is 0 Å². The lowest BCUT2D eigenvalue weighted by Gasteiger charge is -2.03. The summed E-state index contributed by atoms with van der Waals surface area (Å²) in [6.45, 7) is 0. The molecule has 0 spiro atoms. The van der Waals surface area contributed by atoms with Gasteiger partial charge in [0.05, 0.1) is 11.9 Å². The average Bonchev–Trinajstić information content (AvgIpc) is 2.46. The minimum absolute atomic E-state index is 0.257. The van der Waals surface area contributed by atoms with Gasteiger partial charge >= 0.3 is 0 Å². The van der Waals surface area contributed by atoms with Crippen LogP contribution >= 0.6 is 0 Å². The number of hydrogen-bond donors (Lipinski definition) is 3. The molecule has 2 rings (SSSR count). The quantitative estimate of drug-likeness (QED) is 0.325. The summed E-state index contributed by atoms with van der Waals surface area (Å²) in [5, 5.41) is 2.64. The SMILES string of the molecule is NNC=Nc1ccc(C(=O)Nc2cnccn2)cc1. The summed E-state index contributed by atoms with van der Waals surface area (Å²) in [6.07, 6.45) is 5.87. The van der Waals surface area contributed by atoms with E-state index in [-0.39, 0.29) is 5.91 Å². The van der Waals surface area contributed by atoms with Gasteiger partial charge in [-0.15, -0.1) is 0 Å². The van der Waals surface area contributed by atoms with Crippen LogP contribution in [0.4, 0.5) is 11.5 Å². The van der Waals surface area contributed by atoms with Gasteiger partial charge in [-0.3, -0.25) is 9.78 Å². The number of rotatable bonds is 4. The third kappa shape index (κ3) is 3.58. The van der Waals surface area contributed by atoms with Gasteiger partial charge in [0.1, 0.15) is 6.34 Å². The van der Waals surface area contributed by atoms with Gasteiger partial charge in [0.25, 0.3) is 5.91 Å². The molecule has 0 bridgehead atoms. The van der Waals surface area contributed by atoms with Crippen molar-refractivity contribution in [2.75, 3.05) is 5.32 Å². The Morgan fingerprint density at radius 2 is 2.05 bits per heavy atom. The molecule has 0 aliphatic rings. The fourth-order valence-electron chi connectivity index (χ4n) is 1.36. The number of carbonyl (C=O) groups is 1. The smallest absolute Gasteiger partial charge is 0.256 e. The van der Waals surface area contributed by atoms with E-state index in [0.717, 1.165) is 0 Å². The first-order valence-corrected chi connectivity index (χ1v) is 5.45. The summed E-state index contributed by atoms with van der Waals surface area (Å²) in [4.78, 5) is 23.7. The highest BCUT2D eigenvalue weighted by Crippen LogP contribution is 2.13. The Hall–Kier alpha value is -2.80. The Labute approximate surface area is 109 Å². The molecule has 1 aromatic heterocycles. The summed E-state index contributed by atoms with van der Waals surface area (Å²) in [7, 11) is 0. The number of nitrogens with two attached hydrogens (primary N) is 1. The second-order valence-electron chi connectivity index (χ2n) is 3.52. The molecule has 0 unspecified atom stereocenters. The lowest BCUT2D eigenvalue weighted by molar-refractivity contribution is 0.102. The maximum absolute atomic E-state index is 11.9. The van der Waals surface area contributed by atoms with Gasteiger partial charge in [-0.05, 0) is 24.3 Å². The minimum Gasteiger partial charge on any atom is -0.315 e. The molecule has 0 saturated heterocycles. The largest absolute Gasteiger partial charge is 0.315 e. The highest BCUT2D eigenvalue weighted by Gasteiger charge is 2.06. The summed E-state index contributed by atoms with van der Waals surface area (Å²) >= 11 is 0. The number of amides is 1. The highest BCUT2D eigenvalue weighted by atomic mass is 16.1. The Morgan fingerprint density at radius 1 is 1.26 bits per heavy atom. The van der Waals surface area contributed by atoms with Crippen molar-refractivity contribution >= 4 is 23.8 Å². The van der Waals surface area contributed by atoms with E-state index in [9.17, 15) is 4.79 Å². The third-order valence-electron chi connectivity index (χ3n) is 2.22. The molecule has 19 heavy (non-hydrogen) atoms. The number of carbonyl (C=O) groups excluding carboxylic acids is 1. The zero-order valence-electron chi connectivity index (χ0n) is 9.95. The van der Waals surface area contributed by atoms with Gasteiger partial charge in [-0.25, -0.2) is 15.8 Å². The predicted molar refractivity (Wildman–Crippen MR) is 71.9 cm³/mol. The molecular weight excluding hydrogens is 244 g/mol. The van der Waals surface area contributed by atoms with Gasteiger partial charge in [-0.2, -0.15) is 0 Å². The van der Waals surface area contributed by atoms with Gasteiger partial charge in [0.15, 0.2) is 5.82 Å². The number of hydrazine groups is 1. The van der Waals surface area contributed by atoms with Crippen LogP contribution in [0.2, 0.25) is 0 Å². The third-order valence-corrected chi connectivity index (χ3v) is 2.22. The maximum Gasteiger partial charge on any atom is 0.256 e. The van der Waals surface area contributed by atoms with Crippen molar-refractivity contribution in [3.63, 3.8) is 0 Å². The first kappa shape index (κ1) is 12.7. The standard InChI is InChI=1S/C12H12N6O/c13-17-8-16-10-3-1-9(2-4-10)12(19)18-11-7-14-5-6-15-11/h1-8H,13H2,(H,16,17)(H,15,18,19). The van der Waals surface area contributed by atoms with E-state index in [0.29, 0.717) is 17.1 Å². The molecule has 0 fully saturated rings. The van der Waals surface area contributed by atoms with Crippen LogP contribution in [0.3, 0.4) is 0 Å². The fourth-order valence-corrected chi connectivity index (χ4v) is 1.36. The van der Waals surface area contributed by atoms with Gasteiger partial charge in [-0.1, -0.05) is 0 Å². The molecule has 0 saturated carbocycles. The van der Waals surface area contributed by atoms with Crippen molar-refractivity contribution in [1.82, 2.24) is 15.4 Å². The summed E-state index contributed by atoms with van der Waals surface area (Å²) in [5.41, 5.74) is 3.49. The molecule has 2 aromatic rings. The zero-order valence-corrected chi connectivity index (χ0v) is 9.95. The Bertz CT molecular complexity index is 567. The molecule has 1 amide bonds. The number of anilines is 1. The van der Waals surface area contributed by atoms with Gasteiger partial charge in [0, 0.05) is 18.0 Å². The summed E-state index contributed by atoms with van der Waals surface area (Å²) in [6, 6.07) is 6.74. The molecule has 1 heterocycles. The molecule has 7 nitrogen and oxygen atoms in total. The minimum atomic E-state index is -0.257. The van der Waals surface area contributed by atoms with Crippen LogP contribution in [0, 0.1) is 0 Å². The van der Waals surface area contributed by atoms with Crippen LogP contribution in [-0.2, 0) is 0 Å². The van der Waals surface area contributed by atoms with Crippen LogP contribution < -0.4 is 16.6 Å². The van der Waals surface area contributed by atoms with Gasteiger partial charge < -0.3 is 10.7 Å². The molecule has 7 heteroatoms. The van der Waals surface area contributed by atoms with Crippen LogP contribution in [0.5, 0.6) is 0 Å². The normalized spacial score (nSPS) is 10.4. The number of aliphatic imine (C=N–C) groups is 1. The first-order valence-electron chi connectivity index (χ1n) is 5.45. The molecule has 0 radical (unpaired) electrons. The van der Waals surface area contributed by atoms with Crippen LogP contribution in [-0.4, -0.2) is 22.2 Å². The van der Waals surface area contributed by atoms with Crippen molar-refractivity contribution in [2.45, 2.75) is 0 Å². The van der Waals surface area contributed by atoms with E-state index in [1.54, 1.807) is 24.3 Å². The maximum atomic E-state index is 11.9. The monoisotopic (exact) mass is 256 g/mol. The van der Waals surface area contributed by atoms with Gasteiger partial charge in [0.2, 0.25) is 0 Å². The van der Waals surface area contributed by atoms with Crippen LogP contribution in [0.25, 0.3) is 0 Å². The highest BCUT2D eigenvalue weighted by molar-refractivity contribution is 6.03. The number of benzene rings is 1. The molecule has 0 atom stereocenters. The molecular formula is C12H12N6O. The lowest BCUT2D eigenvalue weighted by atomic mass is 10.2. The van der Waals surface area contributed by atoms with E-state index < -0.39 is 0 Å². The van der Waals surface area contributed by atoms with Crippen LogP contribution in [0.15, 0.2) is 47.8 Å². The van der Waals surface area contributed by atoms with Crippen LogP contribution in [0.1, 0.15) is 10.4 Å². The second kappa shape index (κ2) is 6.22. The molecule has 0 aliphatic carbocycles. The Kier molecular flexibility index (Phi) is 4.14. The molecule has 4 N–H and O–H groups in total. The summed E-state index contributed by atoms with van der Waals surface area (Å²) < 4.78 is 0. The zero-order chi connectivity index (χ0) is 13.5. The average molecular weight is 256 g/mol. The summed E-state index contributed by atoms with van der Waals surface area (Å²) in [5.74, 6) is 5.21. The fraction of sp³-hybridized carbons (Fsp3) is 0. The molecule has 96 valence electrons. The Balaban J connectivity index is 2.05. The first-order chi connectivity index (χ1) is 9.29. The van der Waals surface area contributed by atoms with Crippen molar-refractivity contribution in [3.05, 3.63) is 48.4 Å². The topological polar surface area (TPSA) is 105 Å². The van der Waals surface area contributed by atoms with E-state index in [4.69, 9.17) is 5.84 Å².